The fourth-order valence-electron chi connectivity index (χ4n) is 1.29. The Balaban J connectivity index is 2.28. The van der Waals surface area contributed by atoms with Gasteiger partial charge in [-0.1, -0.05) is 37.3 Å². The summed E-state index contributed by atoms with van der Waals surface area (Å²) in [6, 6.07) is 9.73. The standard InChI is InChI=1S/C13H18O3/c1-10(11(2)14)13(15)9-16-8-12-6-4-3-5-7-12/h3-7,10,13,15H,8-9H2,1-2H3/t10-,13+/m0/s1. The lowest BCUT2D eigenvalue weighted by molar-refractivity contribution is -0.125. The molecule has 0 bridgehead atoms. The summed E-state index contributed by atoms with van der Waals surface area (Å²) in [6.07, 6.45) is -0.721. The summed E-state index contributed by atoms with van der Waals surface area (Å²) in [6.45, 7) is 3.84. The predicted molar refractivity (Wildman–Crippen MR) is 61.9 cm³/mol. The molecule has 0 spiro atoms. The van der Waals surface area contributed by atoms with Crippen molar-refractivity contribution in [3.05, 3.63) is 35.9 Å². The zero-order valence-electron chi connectivity index (χ0n) is 9.72. The fourth-order valence-corrected chi connectivity index (χ4v) is 1.29. The van der Waals surface area contributed by atoms with Crippen molar-refractivity contribution in [3.8, 4) is 0 Å². The van der Waals surface area contributed by atoms with Crippen molar-refractivity contribution in [1.82, 2.24) is 0 Å². The Morgan fingerprint density at radius 3 is 2.56 bits per heavy atom. The van der Waals surface area contributed by atoms with E-state index in [4.69, 9.17) is 4.74 Å². The van der Waals surface area contributed by atoms with Gasteiger partial charge in [0.15, 0.2) is 0 Å². The Bertz CT molecular complexity index is 321. The van der Waals surface area contributed by atoms with Gasteiger partial charge in [0.05, 0.1) is 19.3 Å². The van der Waals surface area contributed by atoms with Gasteiger partial charge in [-0.15, -0.1) is 0 Å². The third kappa shape index (κ3) is 4.13. The first-order chi connectivity index (χ1) is 7.61. The van der Waals surface area contributed by atoms with Crippen molar-refractivity contribution in [2.24, 2.45) is 5.92 Å². The second kappa shape index (κ2) is 6.40. The molecular formula is C13H18O3. The van der Waals surface area contributed by atoms with Crippen LogP contribution in [0.5, 0.6) is 0 Å². The molecule has 0 aliphatic rings. The molecule has 0 unspecified atom stereocenters. The fraction of sp³-hybridized carbons (Fsp3) is 0.462. The van der Waals surface area contributed by atoms with Gasteiger partial charge in [0, 0.05) is 5.92 Å². The third-order valence-corrected chi connectivity index (χ3v) is 2.62. The molecule has 0 fully saturated rings. The average Bonchev–Trinajstić information content (AvgIpc) is 2.29. The van der Waals surface area contributed by atoms with Crippen LogP contribution in [0.25, 0.3) is 0 Å². The molecule has 1 aromatic rings. The van der Waals surface area contributed by atoms with Gasteiger partial charge in [-0.05, 0) is 12.5 Å². The molecule has 0 radical (unpaired) electrons. The maximum atomic E-state index is 11.0. The number of benzene rings is 1. The van der Waals surface area contributed by atoms with Crippen molar-refractivity contribution >= 4 is 5.78 Å². The van der Waals surface area contributed by atoms with Gasteiger partial charge in [-0.2, -0.15) is 0 Å². The van der Waals surface area contributed by atoms with E-state index in [-0.39, 0.29) is 18.3 Å². The summed E-state index contributed by atoms with van der Waals surface area (Å²) in [5.41, 5.74) is 1.06. The minimum Gasteiger partial charge on any atom is -0.390 e. The number of ketones is 1. The van der Waals surface area contributed by atoms with Crippen molar-refractivity contribution in [2.75, 3.05) is 6.61 Å². The van der Waals surface area contributed by atoms with E-state index in [9.17, 15) is 9.90 Å². The van der Waals surface area contributed by atoms with Gasteiger partial charge in [-0.25, -0.2) is 0 Å². The number of carbonyl (C=O) groups excluding carboxylic acids is 1. The quantitative estimate of drug-likeness (QED) is 0.798. The van der Waals surface area contributed by atoms with Crippen LogP contribution in [0.15, 0.2) is 30.3 Å². The molecule has 0 aromatic heterocycles. The molecule has 0 amide bonds. The highest BCUT2D eigenvalue weighted by molar-refractivity contribution is 5.78. The van der Waals surface area contributed by atoms with Crippen LogP contribution in [0.1, 0.15) is 19.4 Å². The molecule has 1 N–H and O–H groups in total. The molecule has 1 rings (SSSR count). The van der Waals surface area contributed by atoms with Crippen molar-refractivity contribution in [1.29, 1.82) is 0 Å². The lowest BCUT2D eigenvalue weighted by atomic mass is 10.0. The second-order valence-corrected chi connectivity index (χ2v) is 3.97. The van der Waals surface area contributed by atoms with Gasteiger partial charge >= 0.3 is 0 Å². The molecular weight excluding hydrogens is 204 g/mol. The van der Waals surface area contributed by atoms with Crippen LogP contribution in [0, 0.1) is 5.92 Å². The summed E-state index contributed by atoms with van der Waals surface area (Å²) in [7, 11) is 0. The number of Topliss-reactive ketones (excluding diaryl/α,β-unsaturated/α-hetero) is 1. The van der Waals surface area contributed by atoms with Crippen LogP contribution in [0.2, 0.25) is 0 Å². The van der Waals surface area contributed by atoms with E-state index in [1.165, 1.54) is 6.92 Å². The Kier molecular flexibility index (Phi) is 5.15. The lowest BCUT2D eigenvalue weighted by Crippen LogP contribution is -2.28. The van der Waals surface area contributed by atoms with E-state index < -0.39 is 6.10 Å². The van der Waals surface area contributed by atoms with E-state index in [0.29, 0.717) is 6.61 Å². The molecule has 16 heavy (non-hydrogen) atoms. The molecule has 0 aliphatic carbocycles. The van der Waals surface area contributed by atoms with Crippen LogP contribution >= 0.6 is 0 Å². The lowest BCUT2D eigenvalue weighted by Gasteiger charge is -2.16. The van der Waals surface area contributed by atoms with Crippen LogP contribution in [-0.2, 0) is 16.1 Å². The highest BCUT2D eigenvalue weighted by atomic mass is 16.5. The topological polar surface area (TPSA) is 46.5 Å². The first kappa shape index (κ1) is 12.9. The number of aliphatic hydroxyl groups excluding tert-OH is 1. The van der Waals surface area contributed by atoms with E-state index >= 15 is 0 Å². The largest absolute Gasteiger partial charge is 0.390 e. The monoisotopic (exact) mass is 222 g/mol. The maximum Gasteiger partial charge on any atom is 0.135 e. The van der Waals surface area contributed by atoms with Crippen molar-refractivity contribution in [2.45, 2.75) is 26.6 Å². The van der Waals surface area contributed by atoms with Crippen molar-refractivity contribution < 1.29 is 14.6 Å². The Labute approximate surface area is 96.1 Å². The van der Waals surface area contributed by atoms with Crippen molar-refractivity contribution in [3.63, 3.8) is 0 Å². The van der Waals surface area contributed by atoms with Crippen LogP contribution in [0.4, 0.5) is 0 Å². The van der Waals surface area contributed by atoms with E-state index in [0.717, 1.165) is 5.56 Å². The average molecular weight is 222 g/mol. The highest BCUT2D eigenvalue weighted by Crippen LogP contribution is 2.06. The smallest absolute Gasteiger partial charge is 0.135 e. The summed E-state index contributed by atoms with van der Waals surface area (Å²) >= 11 is 0. The molecule has 0 saturated carbocycles. The molecule has 0 saturated heterocycles. The van der Waals surface area contributed by atoms with Crippen LogP contribution < -0.4 is 0 Å². The Hall–Kier alpha value is -1.19. The predicted octanol–water partition coefficient (Wildman–Crippen LogP) is 1.79. The highest BCUT2D eigenvalue weighted by Gasteiger charge is 2.18. The number of rotatable bonds is 6. The second-order valence-electron chi connectivity index (χ2n) is 3.97. The van der Waals surface area contributed by atoms with Crippen LogP contribution in [-0.4, -0.2) is 23.6 Å². The molecule has 3 nitrogen and oxygen atoms in total. The van der Waals surface area contributed by atoms with E-state index in [2.05, 4.69) is 0 Å². The number of carbonyl (C=O) groups is 1. The zero-order valence-corrected chi connectivity index (χ0v) is 9.72. The van der Waals surface area contributed by atoms with Gasteiger partial charge in [0.2, 0.25) is 0 Å². The van der Waals surface area contributed by atoms with Gasteiger partial charge in [-0.3, -0.25) is 4.79 Å². The summed E-state index contributed by atoms with van der Waals surface area (Å²) < 4.78 is 5.35. The Morgan fingerprint density at radius 1 is 1.38 bits per heavy atom. The Morgan fingerprint density at radius 2 is 2.00 bits per heavy atom. The number of hydrogen-bond acceptors (Lipinski definition) is 3. The van der Waals surface area contributed by atoms with Gasteiger partial charge in [0.1, 0.15) is 5.78 Å². The van der Waals surface area contributed by atoms with E-state index in [1.54, 1.807) is 6.92 Å². The molecule has 3 heteroatoms. The summed E-state index contributed by atoms with van der Waals surface area (Å²) in [5, 5.41) is 9.62. The normalized spacial score (nSPS) is 14.4. The summed E-state index contributed by atoms with van der Waals surface area (Å²) in [4.78, 5) is 11.0. The molecule has 1 aromatic carbocycles. The first-order valence-electron chi connectivity index (χ1n) is 5.41. The number of aliphatic hydroxyl groups is 1. The molecule has 2 atom stereocenters. The van der Waals surface area contributed by atoms with Gasteiger partial charge < -0.3 is 9.84 Å². The van der Waals surface area contributed by atoms with Crippen LogP contribution in [0.3, 0.4) is 0 Å². The minimum atomic E-state index is -0.721. The maximum absolute atomic E-state index is 11.0. The van der Waals surface area contributed by atoms with Gasteiger partial charge in [0.25, 0.3) is 0 Å². The SMILES string of the molecule is CC(=O)[C@H](C)[C@H](O)COCc1ccccc1. The molecule has 0 heterocycles. The third-order valence-electron chi connectivity index (χ3n) is 2.62. The molecule has 88 valence electrons. The zero-order chi connectivity index (χ0) is 12.0. The summed E-state index contributed by atoms with van der Waals surface area (Å²) in [5.74, 6) is -0.383. The number of hydrogen-bond donors (Lipinski definition) is 1. The minimum absolute atomic E-state index is 0.0178. The first-order valence-corrected chi connectivity index (χ1v) is 5.41. The molecule has 0 aliphatic heterocycles. The number of ether oxygens (including phenoxy) is 1. The van der Waals surface area contributed by atoms with E-state index in [1.807, 2.05) is 30.3 Å².